The Morgan fingerprint density at radius 1 is 1.67 bits per heavy atom. The zero-order valence-corrected chi connectivity index (χ0v) is 9.90. The molecule has 0 unspecified atom stereocenters. The lowest BCUT2D eigenvalue weighted by Crippen LogP contribution is -2.56. The molecule has 15 heavy (non-hydrogen) atoms. The summed E-state index contributed by atoms with van der Waals surface area (Å²) in [6, 6.07) is 1.74. The Kier molecular flexibility index (Phi) is 3.04. The lowest BCUT2D eigenvalue weighted by molar-refractivity contribution is 0.0645. The van der Waals surface area contributed by atoms with Crippen molar-refractivity contribution in [1.29, 1.82) is 0 Å². The molecular weight excluding hydrogens is 230 g/mol. The second-order valence-corrected chi connectivity index (χ2v) is 5.34. The van der Waals surface area contributed by atoms with E-state index in [1.165, 1.54) is 11.3 Å². The van der Waals surface area contributed by atoms with Crippen molar-refractivity contribution < 1.29 is 9.90 Å². The summed E-state index contributed by atoms with van der Waals surface area (Å²) in [5.41, 5.74) is -0.363. The summed E-state index contributed by atoms with van der Waals surface area (Å²) in [4.78, 5) is 13.2. The molecule has 0 saturated heterocycles. The number of aliphatic hydroxyl groups excluding tert-OH is 1. The average Bonchev–Trinajstić information content (AvgIpc) is 2.58. The van der Waals surface area contributed by atoms with Gasteiger partial charge in [0.1, 0.15) is 0 Å². The Morgan fingerprint density at radius 3 is 2.80 bits per heavy atom. The van der Waals surface area contributed by atoms with E-state index < -0.39 is 0 Å². The van der Waals surface area contributed by atoms with E-state index in [1.54, 1.807) is 6.07 Å². The van der Waals surface area contributed by atoms with Crippen LogP contribution in [0, 0.1) is 0 Å². The first-order valence-corrected chi connectivity index (χ1v) is 6.19. The summed E-state index contributed by atoms with van der Waals surface area (Å²) in [6.07, 6.45) is 2.81. The molecule has 2 N–H and O–H groups in total. The van der Waals surface area contributed by atoms with Crippen LogP contribution >= 0.6 is 24.0 Å². The van der Waals surface area contributed by atoms with Crippen LogP contribution < -0.4 is 5.32 Å². The standard InChI is InChI=1S/C10H13NO2S2/c12-6-10(2-1-3-10)11-9(13)8-4-7(14)5-15-8/h4-5,12,14H,1-3,6H2,(H,11,13). The fraction of sp³-hybridized carbons (Fsp3) is 0.500. The Labute approximate surface area is 97.9 Å². The van der Waals surface area contributed by atoms with Gasteiger partial charge in [-0.2, -0.15) is 0 Å². The van der Waals surface area contributed by atoms with Crippen LogP contribution in [0.3, 0.4) is 0 Å². The number of amides is 1. The van der Waals surface area contributed by atoms with Gasteiger partial charge in [-0.15, -0.1) is 24.0 Å². The molecule has 1 heterocycles. The third-order valence-electron chi connectivity index (χ3n) is 2.80. The largest absolute Gasteiger partial charge is 0.394 e. The number of hydrogen-bond acceptors (Lipinski definition) is 4. The van der Waals surface area contributed by atoms with Crippen molar-refractivity contribution in [3.8, 4) is 0 Å². The molecule has 1 fully saturated rings. The Balaban J connectivity index is 2.03. The molecule has 82 valence electrons. The van der Waals surface area contributed by atoms with Crippen molar-refractivity contribution >= 4 is 29.9 Å². The normalized spacial score (nSPS) is 18.3. The molecule has 1 saturated carbocycles. The van der Waals surface area contributed by atoms with E-state index >= 15 is 0 Å². The van der Waals surface area contributed by atoms with Crippen LogP contribution in [0.15, 0.2) is 16.3 Å². The third-order valence-corrected chi connectivity index (χ3v) is 4.16. The quantitative estimate of drug-likeness (QED) is 0.707. The van der Waals surface area contributed by atoms with E-state index in [1.807, 2.05) is 5.38 Å². The van der Waals surface area contributed by atoms with Gasteiger partial charge < -0.3 is 10.4 Å². The predicted molar refractivity (Wildman–Crippen MR) is 62.7 cm³/mol. The number of rotatable bonds is 3. The highest BCUT2D eigenvalue weighted by atomic mass is 32.1. The van der Waals surface area contributed by atoms with Gasteiger partial charge in [-0.05, 0) is 25.3 Å². The van der Waals surface area contributed by atoms with E-state index in [9.17, 15) is 9.90 Å². The smallest absolute Gasteiger partial charge is 0.261 e. The molecule has 0 atom stereocenters. The molecule has 0 aromatic carbocycles. The molecular formula is C10H13NO2S2. The van der Waals surface area contributed by atoms with Crippen molar-refractivity contribution in [3.63, 3.8) is 0 Å². The Bertz CT molecular complexity index is 366. The minimum atomic E-state index is -0.363. The van der Waals surface area contributed by atoms with Gasteiger partial charge in [0.05, 0.1) is 17.0 Å². The third kappa shape index (κ3) is 2.19. The van der Waals surface area contributed by atoms with Gasteiger partial charge in [0, 0.05) is 10.3 Å². The van der Waals surface area contributed by atoms with Crippen LogP contribution in [-0.4, -0.2) is 23.2 Å². The molecule has 1 aromatic heterocycles. The second-order valence-electron chi connectivity index (χ2n) is 3.92. The zero-order valence-electron chi connectivity index (χ0n) is 8.19. The summed E-state index contributed by atoms with van der Waals surface area (Å²) in [7, 11) is 0. The lowest BCUT2D eigenvalue weighted by Gasteiger charge is -2.40. The van der Waals surface area contributed by atoms with Gasteiger partial charge in [-0.3, -0.25) is 4.79 Å². The highest BCUT2D eigenvalue weighted by molar-refractivity contribution is 7.80. The summed E-state index contributed by atoms with van der Waals surface area (Å²) in [5.74, 6) is -0.103. The molecule has 0 spiro atoms. The molecule has 2 rings (SSSR count). The van der Waals surface area contributed by atoms with E-state index in [-0.39, 0.29) is 18.1 Å². The molecule has 1 aliphatic rings. The van der Waals surface area contributed by atoms with Crippen molar-refractivity contribution in [2.75, 3.05) is 6.61 Å². The van der Waals surface area contributed by atoms with Gasteiger partial charge in [-0.25, -0.2) is 0 Å². The van der Waals surface area contributed by atoms with Gasteiger partial charge >= 0.3 is 0 Å². The van der Waals surface area contributed by atoms with E-state index in [4.69, 9.17) is 0 Å². The van der Waals surface area contributed by atoms with Crippen molar-refractivity contribution in [3.05, 3.63) is 16.3 Å². The monoisotopic (exact) mass is 243 g/mol. The first-order chi connectivity index (χ1) is 7.15. The summed E-state index contributed by atoms with van der Waals surface area (Å²) in [5, 5.41) is 13.9. The van der Waals surface area contributed by atoms with Gasteiger partial charge in [0.25, 0.3) is 5.91 Å². The van der Waals surface area contributed by atoms with Gasteiger partial charge in [-0.1, -0.05) is 0 Å². The van der Waals surface area contributed by atoms with Crippen LogP contribution in [0.2, 0.25) is 0 Å². The van der Waals surface area contributed by atoms with Crippen LogP contribution in [0.25, 0.3) is 0 Å². The van der Waals surface area contributed by atoms with Crippen LogP contribution in [0.1, 0.15) is 28.9 Å². The van der Waals surface area contributed by atoms with Crippen LogP contribution in [-0.2, 0) is 0 Å². The van der Waals surface area contributed by atoms with E-state index in [0.717, 1.165) is 24.2 Å². The average molecular weight is 243 g/mol. The van der Waals surface area contributed by atoms with Gasteiger partial charge in [0.2, 0.25) is 0 Å². The number of hydrogen-bond donors (Lipinski definition) is 3. The summed E-state index contributed by atoms with van der Waals surface area (Å²) < 4.78 is 0. The summed E-state index contributed by atoms with van der Waals surface area (Å²) >= 11 is 5.53. The molecule has 1 aliphatic carbocycles. The topological polar surface area (TPSA) is 49.3 Å². The SMILES string of the molecule is O=C(NC1(CO)CCC1)c1cc(S)cs1. The molecule has 1 aromatic rings. The number of carbonyl (C=O) groups is 1. The molecule has 5 heteroatoms. The molecule has 0 aliphatic heterocycles. The predicted octanol–water partition coefficient (Wildman–Crippen LogP) is 1.68. The van der Waals surface area contributed by atoms with Crippen molar-refractivity contribution in [2.45, 2.75) is 29.7 Å². The Morgan fingerprint density at radius 2 is 2.40 bits per heavy atom. The van der Waals surface area contributed by atoms with E-state index in [0.29, 0.717) is 4.88 Å². The second kappa shape index (κ2) is 4.15. The van der Waals surface area contributed by atoms with Crippen LogP contribution in [0.4, 0.5) is 0 Å². The zero-order chi connectivity index (χ0) is 10.9. The number of nitrogens with one attached hydrogen (secondary N) is 1. The molecule has 0 radical (unpaired) electrons. The highest BCUT2D eigenvalue weighted by Gasteiger charge is 2.37. The summed E-state index contributed by atoms with van der Waals surface area (Å²) in [6.45, 7) is 0.0256. The molecule has 1 amide bonds. The molecule has 3 nitrogen and oxygen atoms in total. The lowest BCUT2D eigenvalue weighted by atomic mass is 9.77. The minimum Gasteiger partial charge on any atom is -0.394 e. The highest BCUT2D eigenvalue weighted by Crippen LogP contribution is 2.31. The minimum absolute atomic E-state index is 0.0256. The number of carbonyl (C=O) groups excluding carboxylic acids is 1. The van der Waals surface area contributed by atoms with Crippen molar-refractivity contribution in [1.82, 2.24) is 5.32 Å². The van der Waals surface area contributed by atoms with E-state index in [2.05, 4.69) is 17.9 Å². The molecule has 0 bridgehead atoms. The Hall–Kier alpha value is -0.520. The fourth-order valence-electron chi connectivity index (χ4n) is 1.67. The van der Waals surface area contributed by atoms with Crippen LogP contribution in [0.5, 0.6) is 0 Å². The first-order valence-electron chi connectivity index (χ1n) is 4.86. The maximum Gasteiger partial charge on any atom is 0.261 e. The maximum atomic E-state index is 11.8. The number of thiol groups is 1. The number of thiophene rings is 1. The first kappa shape index (κ1) is 11.0. The maximum absolute atomic E-state index is 11.8. The van der Waals surface area contributed by atoms with Crippen molar-refractivity contribution in [2.24, 2.45) is 0 Å². The van der Waals surface area contributed by atoms with Gasteiger partial charge in [0.15, 0.2) is 0 Å². The number of aliphatic hydroxyl groups is 1. The fourth-order valence-corrected chi connectivity index (χ4v) is 2.72.